The van der Waals surface area contributed by atoms with Gasteiger partial charge in [0.05, 0.1) is 16.9 Å². The minimum Gasteiger partial charge on any atom is -0.463 e. The van der Waals surface area contributed by atoms with Gasteiger partial charge in [0.1, 0.15) is 18.1 Å². The standard InChI is InChI=1S/C34H38O7/c1-6-34(5,32(38)39-22-24(2)35)23-33(3,4)31(37)41-29-19-15-27(16-20-29)26-13-17-28(18-14-26)40-30(36)21-12-25-10-8-7-9-11-25/h7-21,24,35H,6,22-23H2,1-5H3/b21-12+. The van der Waals surface area contributed by atoms with Crippen LogP contribution < -0.4 is 9.47 Å². The van der Waals surface area contributed by atoms with Crippen LogP contribution in [-0.2, 0) is 19.1 Å². The lowest BCUT2D eigenvalue weighted by Gasteiger charge is -2.33. The molecule has 0 aromatic heterocycles. The van der Waals surface area contributed by atoms with Crippen LogP contribution in [0.5, 0.6) is 11.5 Å². The van der Waals surface area contributed by atoms with E-state index in [1.807, 2.05) is 61.5 Å². The van der Waals surface area contributed by atoms with Crippen LogP contribution in [0.1, 0.15) is 53.0 Å². The number of ether oxygens (including phenoxy) is 3. The molecule has 0 spiro atoms. The first-order valence-electron chi connectivity index (χ1n) is 13.6. The zero-order valence-electron chi connectivity index (χ0n) is 24.3. The molecule has 0 heterocycles. The van der Waals surface area contributed by atoms with E-state index in [-0.39, 0.29) is 13.0 Å². The van der Waals surface area contributed by atoms with E-state index in [2.05, 4.69) is 0 Å². The number of benzene rings is 3. The van der Waals surface area contributed by atoms with Gasteiger partial charge in [-0.15, -0.1) is 0 Å². The Hall–Kier alpha value is -4.23. The Labute approximate surface area is 241 Å². The molecule has 0 saturated heterocycles. The fraction of sp³-hybridized carbons (Fsp3) is 0.324. The second-order valence-corrected chi connectivity index (χ2v) is 11.0. The Kier molecular flexibility index (Phi) is 10.6. The molecule has 1 N–H and O–H groups in total. The predicted octanol–water partition coefficient (Wildman–Crippen LogP) is 6.63. The van der Waals surface area contributed by atoms with E-state index >= 15 is 0 Å². The van der Waals surface area contributed by atoms with Crippen LogP contribution in [0.4, 0.5) is 0 Å². The molecule has 0 aliphatic carbocycles. The van der Waals surface area contributed by atoms with E-state index < -0.39 is 34.8 Å². The van der Waals surface area contributed by atoms with Gasteiger partial charge in [-0.3, -0.25) is 9.59 Å². The molecule has 0 amide bonds. The summed E-state index contributed by atoms with van der Waals surface area (Å²) in [5.41, 5.74) is 0.838. The second kappa shape index (κ2) is 13.9. The van der Waals surface area contributed by atoms with Gasteiger partial charge in [0.25, 0.3) is 0 Å². The second-order valence-electron chi connectivity index (χ2n) is 11.0. The van der Waals surface area contributed by atoms with E-state index in [1.54, 1.807) is 58.0 Å². The third-order valence-electron chi connectivity index (χ3n) is 6.80. The van der Waals surface area contributed by atoms with Crippen LogP contribution >= 0.6 is 0 Å². The van der Waals surface area contributed by atoms with Gasteiger partial charge in [-0.25, -0.2) is 4.79 Å². The smallest absolute Gasteiger partial charge is 0.336 e. The summed E-state index contributed by atoms with van der Waals surface area (Å²) in [5.74, 6) is -0.557. The maximum atomic E-state index is 13.1. The van der Waals surface area contributed by atoms with Crippen LogP contribution in [-0.4, -0.2) is 35.7 Å². The van der Waals surface area contributed by atoms with Gasteiger partial charge >= 0.3 is 17.9 Å². The Balaban J connectivity index is 1.58. The average Bonchev–Trinajstić information content (AvgIpc) is 2.96. The van der Waals surface area contributed by atoms with Crippen molar-refractivity contribution in [1.82, 2.24) is 0 Å². The van der Waals surface area contributed by atoms with E-state index in [9.17, 15) is 19.5 Å². The number of aliphatic hydroxyl groups is 1. The Morgan fingerprint density at radius 3 is 1.85 bits per heavy atom. The molecule has 41 heavy (non-hydrogen) atoms. The van der Waals surface area contributed by atoms with Crippen molar-refractivity contribution >= 4 is 24.0 Å². The Morgan fingerprint density at radius 1 is 0.805 bits per heavy atom. The average molecular weight is 559 g/mol. The molecule has 3 aromatic carbocycles. The lowest BCUT2D eigenvalue weighted by atomic mass is 9.72. The van der Waals surface area contributed by atoms with Crippen molar-refractivity contribution in [1.29, 1.82) is 0 Å². The first-order chi connectivity index (χ1) is 19.4. The fourth-order valence-electron chi connectivity index (χ4n) is 4.31. The zero-order valence-corrected chi connectivity index (χ0v) is 24.3. The fourth-order valence-corrected chi connectivity index (χ4v) is 4.31. The summed E-state index contributed by atoms with van der Waals surface area (Å²) in [6.45, 7) is 8.56. The summed E-state index contributed by atoms with van der Waals surface area (Å²) in [5, 5.41) is 9.44. The van der Waals surface area contributed by atoms with Crippen molar-refractivity contribution in [3.8, 4) is 22.6 Å². The number of rotatable bonds is 12. The van der Waals surface area contributed by atoms with E-state index in [0.717, 1.165) is 16.7 Å². The normalized spacial score (nSPS) is 13.7. The summed E-state index contributed by atoms with van der Waals surface area (Å²) >= 11 is 0. The predicted molar refractivity (Wildman–Crippen MR) is 158 cm³/mol. The lowest BCUT2D eigenvalue weighted by Crippen LogP contribution is -2.40. The van der Waals surface area contributed by atoms with Crippen LogP contribution in [0, 0.1) is 10.8 Å². The first kappa shape index (κ1) is 31.3. The summed E-state index contributed by atoms with van der Waals surface area (Å²) < 4.78 is 16.3. The van der Waals surface area contributed by atoms with Crippen LogP contribution in [0.15, 0.2) is 84.9 Å². The molecule has 3 rings (SSSR count). The molecule has 0 saturated carbocycles. The maximum absolute atomic E-state index is 13.1. The molecule has 2 atom stereocenters. The van der Waals surface area contributed by atoms with Crippen molar-refractivity contribution < 1.29 is 33.7 Å². The molecule has 0 fully saturated rings. The molecule has 3 aromatic rings. The number of carbonyl (C=O) groups excluding carboxylic acids is 3. The van der Waals surface area contributed by atoms with E-state index in [0.29, 0.717) is 17.9 Å². The minimum atomic E-state index is -0.961. The first-order valence-corrected chi connectivity index (χ1v) is 13.6. The van der Waals surface area contributed by atoms with Gasteiger partial charge in [-0.2, -0.15) is 0 Å². The van der Waals surface area contributed by atoms with Crippen LogP contribution in [0.2, 0.25) is 0 Å². The van der Waals surface area contributed by atoms with Crippen LogP contribution in [0.3, 0.4) is 0 Å². The molecule has 7 heteroatoms. The maximum Gasteiger partial charge on any atom is 0.336 e. The third kappa shape index (κ3) is 9.15. The van der Waals surface area contributed by atoms with E-state index in [4.69, 9.17) is 14.2 Å². The Morgan fingerprint density at radius 2 is 1.34 bits per heavy atom. The van der Waals surface area contributed by atoms with E-state index in [1.165, 1.54) is 6.08 Å². The zero-order chi connectivity index (χ0) is 30.0. The minimum absolute atomic E-state index is 0.0916. The molecule has 0 aliphatic heterocycles. The Bertz CT molecular complexity index is 1340. The van der Waals surface area contributed by atoms with Crippen molar-refractivity contribution in [3.63, 3.8) is 0 Å². The quantitative estimate of drug-likeness (QED) is 0.151. The molecule has 216 valence electrons. The largest absolute Gasteiger partial charge is 0.463 e. The topological polar surface area (TPSA) is 99.1 Å². The number of hydrogen-bond donors (Lipinski definition) is 1. The molecule has 0 bridgehead atoms. The molecule has 2 unspecified atom stereocenters. The van der Waals surface area contributed by atoms with Gasteiger partial charge in [0, 0.05) is 6.08 Å². The SMILES string of the molecule is CCC(C)(CC(C)(C)C(=O)Oc1ccc(-c2ccc(OC(=O)/C=C/c3ccccc3)cc2)cc1)C(=O)OCC(C)O. The van der Waals surface area contributed by atoms with Gasteiger partial charge < -0.3 is 19.3 Å². The van der Waals surface area contributed by atoms with Crippen molar-refractivity contribution in [2.24, 2.45) is 10.8 Å². The van der Waals surface area contributed by atoms with Gasteiger partial charge in [0.15, 0.2) is 0 Å². The van der Waals surface area contributed by atoms with Crippen LogP contribution in [0.25, 0.3) is 17.2 Å². The molecule has 0 radical (unpaired) electrons. The summed E-state index contributed by atoms with van der Waals surface area (Å²) in [6.07, 6.45) is 3.02. The highest BCUT2D eigenvalue weighted by Gasteiger charge is 2.43. The summed E-state index contributed by atoms with van der Waals surface area (Å²) in [7, 11) is 0. The molecule has 7 nitrogen and oxygen atoms in total. The highest BCUT2D eigenvalue weighted by Crippen LogP contribution is 2.39. The van der Waals surface area contributed by atoms with Gasteiger partial charge in [0.2, 0.25) is 0 Å². The number of carbonyl (C=O) groups is 3. The van der Waals surface area contributed by atoms with Gasteiger partial charge in [-0.05, 0) is 87.6 Å². The molecular formula is C34H38O7. The van der Waals surface area contributed by atoms with Gasteiger partial charge in [-0.1, -0.05) is 61.5 Å². The number of esters is 3. The van der Waals surface area contributed by atoms with Crippen molar-refractivity contribution in [3.05, 3.63) is 90.5 Å². The molecule has 0 aliphatic rings. The lowest BCUT2D eigenvalue weighted by molar-refractivity contribution is -0.162. The number of aliphatic hydroxyl groups excluding tert-OH is 1. The summed E-state index contributed by atoms with van der Waals surface area (Å²) in [4.78, 5) is 37.9. The molecular weight excluding hydrogens is 520 g/mol. The number of hydrogen-bond acceptors (Lipinski definition) is 7. The van der Waals surface area contributed by atoms with Crippen molar-refractivity contribution in [2.45, 2.75) is 53.6 Å². The summed E-state index contributed by atoms with van der Waals surface area (Å²) in [6, 6.07) is 23.7. The highest BCUT2D eigenvalue weighted by atomic mass is 16.5. The monoisotopic (exact) mass is 558 g/mol. The highest BCUT2D eigenvalue weighted by molar-refractivity contribution is 5.88. The van der Waals surface area contributed by atoms with Crippen molar-refractivity contribution in [2.75, 3.05) is 6.61 Å². The third-order valence-corrected chi connectivity index (χ3v) is 6.80.